The minimum atomic E-state index is -0.560. The second-order valence-corrected chi connectivity index (χ2v) is 4.71. The molecule has 0 aromatic carbocycles. The van der Waals surface area contributed by atoms with Gasteiger partial charge in [0.1, 0.15) is 17.5 Å². The second kappa shape index (κ2) is 6.30. The molecule has 2 aromatic heterocycles. The molecule has 0 fully saturated rings. The molecule has 5 nitrogen and oxygen atoms in total. The fourth-order valence-corrected chi connectivity index (χ4v) is 2.01. The van der Waals surface area contributed by atoms with Crippen LogP contribution in [0.4, 0.5) is 16.0 Å². The maximum Gasteiger partial charge on any atom is 0.260 e. The Labute approximate surface area is 122 Å². The van der Waals surface area contributed by atoms with Gasteiger partial charge in [-0.05, 0) is 44.5 Å². The number of halogens is 1. The maximum absolute atomic E-state index is 13.3. The van der Waals surface area contributed by atoms with Gasteiger partial charge in [0.05, 0.1) is 11.8 Å². The summed E-state index contributed by atoms with van der Waals surface area (Å²) < 4.78 is 13.3. The molecule has 1 amide bonds. The van der Waals surface area contributed by atoms with Crippen molar-refractivity contribution in [1.29, 1.82) is 0 Å². The van der Waals surface area contributed by atoms with Crippen LogP contribution in [0, 0.1) is 19.7 Å². The minimum Gasteiger partial charge on any atom is -0.370 e. The smallest absolute Gasteiger partial charge is 0.260 e. The zero-order valence-corrected chi connectivity index (χ0v) is 12.2. The molecular weight excluding hydrogens is 271 g/mol. The van der Waals surface area contributed by atoms with Crippen LogP contribution in [0.25, 0.3) is 0 Å². The van der Waals surface area contributed by atoms with E-state index in [1.165, 1.54) is 0 Å². The van der Waals surface area contributed by atoms with Crippen LogP contribution in [-0.2, 0) is 0 Å². The predicted octanol–water partition coefficient (Wildman–Crippen LogP) is 2.92. The van der Waals surface area contributed by atoms with Gasteiger partial charge >= 0.3 is 0 Å². The molecule has 110 valence electrons. The Bertz CT molecular complexity index is 652. The quantitative estimate of drug-likeness (QED) is 0.907. The lowest BCUT2D eigenvalue weighted by molar-refractivity contribution is 0.102. The first-order chi connectivity index (χ1) is 9.99. The van der Waals surface area contributed by atoms with E-state index in [1.807, 2.05) is 26.8 Å². The highest BCUT2D eigenvalue weighted by molar-refractivity contribution is 6.07. The van der Waals surface area contributed by atoms with E-state index in [2.05, 4.69) is 20.6 Å². The van der Waals surface area contributed by atoms with Gasteiger partial charge in [-0.3, -0.25) is 4.79 Å². The van der Waals surface area contributed by atoms with Crippen molar-refractivity contribution in [1.82, 2.24) is 9.97 Å². The van der Waals surface area contributed by atoms with Crippen LogP contribution in [0.15, 0.2) is 24.4 Å². The molecule has 0 radical (unpaired) electrons. The molecule has 0 aliphatic rings. The van der Waals surface area contributed by atoms with Crippen LogP contribution in [-0.4, -0.2) is 22.4 Å². The SMILES string of the molecule is CCNc1ncc(F)cc1C(=O)Nc1cc(C)cc(C)n1. The Kier molecular flexibility index (Phi) is 4.47. The number of nitrogens with one attached hydrogen (secondary N) is 2. The van der Waals surface area contributed by atoms with Crippen molar-refractivity contribution in [2.75, 3.05) is 17.2 Å². The molecule has 2 rings (SSSR count). The average molecular weight is 288 g/mol. The van der Waals surface area contributed by atoms with Crippen molar-refractivity contribution >= 4 is 17.5 Å². The molecule has 0 unspecified atom stereocenters. The van der Waals surface area contributed by atoms with Crippen LogP contribution in [0.2, 0.25) is 0 Å². The highest BCUT2D eigenvalue weighted by Gasteiger charge is 2.14. The molecule has 6 heteroatoms. The molecule has 0 spiro atoms. The van der Waals surface area contributed by atoms with Crippen LogP contribution >= 0.6 is 0 Å². The minimum absolute atomic E-state index is 0.151. The summed E-state index contributed by atoms with van der Waals surface area (Å²) in [5.74, 6) is -0.226. The Morgan fingerprint density at radius 1 is 1.29 bits per heavy atom. The number of carbonyl (C=O) groups excluding carboxylic acids is 1. The van der Waals surface area contributed by atoms with Gasteiger partial charge in [-0.1, -0.05) is 0 Å². The number of carbonyl (C=O) groups is 1. The Hall–Kier alpha value is -2.50. The molecule has 21 heavy (non-hydrogen) atoms. The van der Waals surface area contributed by atoms with E-state index in [0.29, 0.717) is 18.2 Å². The monoisotopic (exact) mass is 288 g/mol. The highest BCUT2D eigenvalue weighted by atomic mass is 19.1. The van der Waals surface area contributed by atoms with Gasteiger partial charge in [-0.25, -0.2) is 14.4 Å². The van der Waals surface area contributed by atoms with Crippen LogP contribution in [0.5, 0.6) is 0 Å². The lowest BCUT2D eigenvalue weighted by Crippen LogP contribution is -2.17. The fraction of sp³-hybridized carbons (Fsp3) is 0.267. The van der Waals surface area contributed by atoms with Gasteiger partial charge in [-0.2, -0.15) is 0 Å². The summed E-state index contributed by atoms with van der Waals surface area (Å²) >= 11 is 0. The van der Waals surface area contributed by atoms with E-state index in [-0.39, 0.29) is 5.56 Å². The summed E-state index contributed by atoms with van der Waals surface area (Å²) in [5, 5.41) is 5.60. The molecular formula is C15H17FN4O. The van der Waals surface area contributed by atoms with E-state index in [0.717, 1.165) is 23.5 Å². The predicted molar refractivity (Wildman–Crippen MR) is 80.0 cm³/mol. The summed E-state index contributed by atoms with van der Waals surface area (Å²) in [6, 6.07) is 4.82. The summed E-state index contributed by atoms with van der Waals surface area (Å²) in [6.45, 7) is 6.22. The molecule has 0 saturated carbocycles. The standard InChI is InChI=1S/C15H17FN4O/c1-4-17-14-12(7-11(16)8-18-14)15(21)20-13-6-9(2)5-10(3)19-13/h5-8H,4H2,1-3H3,(H,17,18)(H,19,20,21). The van der Waals surface area contributed by atoms with Crippen LogP contribution < -0.4 is 10.6 Å². The molecule has 2 N–H and O–H groups in total. The van der Waals surface area contributed by atoms with Crippen LogP contribution in [0.3, 0.4) is 0 Å². The maximum atomic E-state index is 13.3. The number of rotatable bonds is 4. The third-order valence-electron chi connectivity index (χ3n) is 2.78. The van der Waals surface area contributed by atoms with Gasteiger partial charge in [-0.15, -0.1) is 0 Å². The van der Waals surface area contributed by atoms with Crippen molar-refractivity contribution in [3.8, 4) is 0 Å². The third-order valence-corrected chi connectivity index (χ3v) is 2.78. The Morgan fingerprint density at radius 2 is 2.05 bits per heavy atom. The number of aryl methyl sites for hydroxylation is 2. The zero-order chi connectivity index (χ0) is 15.4. The van der Waals surface area contributed by atoms with Crippen molar-refractivity contribution in [2.24, 2.45) is 0 Å². The van der Waals surface area contributed by atoms with E-state index in [1.54, 1.807) is 6.07 Å². The number of amides is 1. The molecule has 2 aromatic rings. The lowest BCUT2D eigenvalue weighted by atomic mass is 10.2. The molecule has 2 heterocycles. The summed E-state index contributed by atoms with van der Waals surface area (Å²) in [7, 11) is 0. The van der Waals surface area contributed by atoms with E-state index < -0.39 is 11.7 Å². The van der Waals surface area contributed by atoms with Crippen molar-refractivity contribution in [3.05, 3.63) is 47.0 Å². The van der Waals surface area contributed by atoms with Crippen molar-refractivity contribution in [2.45, 2.75) is 20.8 Å². The van der Waals surface area contributed by atoms with Gasteiger partial charge in [0, 0.05) is 12.2 Å². The summed E-state index contributed by atoms with van der Waals surface area (Å²) in [6.07, 6.45) is 1.07. The number of aromatic nitrogens is 2. The van der Waals surface area contributed by atoms with Gasteiger partial charge in [0.2, 0.25) is 0 Å². The van der Waals surface area contributed by atoms with E-state index in [9.17, 15) is 9.18 Å². The summed E-state index contributed by atoms with van der Waals surface area (Å²) in [4.78, 5) is 20.4. The van der Waals surface area contributed by atoms with Crippen LogP contribution in [0.1, 0.15) is 28.5 Å². The molecule has 0 saturated heterocycles. The average Bonchev–Trinajstić information content (AvgIpc) is 2.39. The number of pyridine rings is 2. The Balaban J connectivity index is 2.29. The van der Waals surface area contributed by atoms with Crippen molar-refractivity contribution in [3.63, 3.8) is 0 Å². The van der Waals surface area contributed by atoms with Gasteiger partial charge in [0.25, 0.3) is 5.91 Å². The zero-order valence-electron chi connectivity index (χ0n) is 12.2. The normalized spacial score (nSPS) is 10.3. The lowest BCUT2D eigenvalue weighted by Gasteiger charge is -2.10. The topological polar surface area (TPSA) is 66.9 Å². The first-order valence-corrected chi connectivity index (χ1v) is 6.65. The molecule has 0 bridgehead atoms. The first-order valence-electron chi connectivity index (χ1n) is 6.65. The van der Waals surface area contributed by atoms with Crippen molar-refractivity contribution < 1.29 is 9.18 Å². The Morgan fingerprint density at radius 3 is 2.71 bits per heavy atom. The number of hydrogen-bond donors (Lipinski definition) is 2. The number of nitrogens with zero attached hydrogens (tertiary/aromatic N) is 2. The van der Waals surface area contributed by atoms with Gasteiger partial charge < -0.3 is 10.6 Å². The number of hydrogen-bond acceptors (Lipinski definition) is 4. The molecule has 0 aliphatic heterocycles. The molecule has 0 aliphatic carbocycles. The fourth-order valence-electron chi connectivity index (χ4n) is 2.01. The highest BCUT2D eigenvalue weighted by Crippen LogP contribution is 2.16. The van der Waals surface area contributed by atoms with Gasteiger partial charge in [0.15, 0.2) is 0 Å². The van der Waals surface area contributed by atoms with E-state index >= 15 is 0 Å². The summed E-state index contributed by atoms with van der Waals surface area (Å²) in [5.41, 5.74) is 1.94. The first kappa shape index (κ1) is 14.9. The second-order valence-electron chi connectivity index (χ2n) is 4.71. The third kappa shape index (κ3) is 3.75. The molecule has 0 atom stereocenters. The van der Waals surface area contributed by atoms with E-state index in [4.69, 9.17) is 0 Å². The number of anilines is 2. The largest absolute Gasteiger partial charge is 0.370 e.